The van der Waals surface area contributed by atoms with E-state index >= 15 is 0 Å². The largest absolute Gasteiger partial charge is 0.358 e. The number of nitrogens with zero attached hydrogens (tertiary/aromatic N) is 8. The summed E-state index contributed by atoms with van der Waals surface area (Å²) in [5.74, 6) is 1.29. The Morgan fingerprint density at radius 2 is 2.00 bits per heavy atom. The summed E-state index contributed by atoms with van der Waals surface area (Å²) in [6, 6.07) is 1.25. The van der Waals surface area contributed by atoms with Gasteiger partial charge in [0.15, 0.2) is 28.6 Å². The van der Waals surface area contributed by atoms with Crippen LogP contribution in [0.2, 0.25) is 0 Å². The molecule has 0 aliphatic rings. The van der Waals surface area contributed by atoms with Crippen LogP contribution >= 0.6 is 0 Å². The molecule has 0 aliphatic heterocycles. The quantitative estimate of drug-likeness (QED) is 0.424. The van der Waals surface area contributed by atoms with E-state index in [9.17, 15) is 4.79 Å². The van der Waals surface area contributed by atoms with Crippen molar-refractivity contribution < 1.29 is 9.32 Å². The topological polar surface area (TPSA) is 153 Å². The highest BCUT2D eigenvalue weighted by Gasteiger charge is 2.22. The van der Waals surface area contributed by atoms with E-state index < -0.39 is 6.04 Å². The molecular formula is C21H22N10O2. The maximum absolute atomic E-state index is 12.8. The molecule has 12 heteroatoms. The van der Waals surface area contributed by atoms with Crippen LogP contribution in [0.1, 0.15) is 55.8 Å². The average Bonchev–Trinajstić information content (AvgIpc) is 3.50. The number of H-pyrrole nitrogens is 1. The van der Waals surface area contributed by atoms with Gasteiger partial charge in [-0.1, -0.05) is 25.9 Å². The summed E-state index contributed by atoms with van der Waals surface area (Å²) < 4.78 is 7.19. The van der Waals surface area contributed by atoms with Crippen molar-refractivity contribution in [3.63, 3.8) is 0 Å². The van der Waals surface area contributed by atoms with Crippen LogP contribution in [0, 0.1) is 0 Å². The Morgan fingerprint density at radius 1 is 1.18 bits per heavy atom. The van der Waals surface area contributed by atoms with Gasteiger partial charge >= 0.3 is 0 Å². The Labute approximate surface area is 187 Å². The number of carbonyl (C=O) groups is 1. The number of amides is 1. The van der Waals surface area contributed by atoms with Gasteiger partial charge in [0.05, 0.1) is 18.6 Å². The third-order valence-electron chi connectivity index (χ3n) is 5.17. The molecule has 1 amide bonds. The molecule has 5 rings (SSSR count). The third kappa shape index (κ3) is 3.69. The summed E-state index contributed by atoms with van der Waals surface area (Å²) in [6.07, 6.45) is 4.64. The lowest BCUT2D eigenvalue weighted by Gasteiger charge is -2.15. The van der Waals surface area contributed by atoms with Gasteiger partial charge in [-0.15, -0.1) is 0 Å². The summed E-state index contributed by atoms with van der Waals surface area (Å²) in [7, 11) is 1.80. The average molecular weight is 446 g/mol. The first-order valence-electron chi connectivity index (χ1n) is 10.3. The Morgan fingerprint density at radius 3 is 2.79 bits per heavy atom. The van der Waals surface area contributed by atoms with E-state index in [4.69, 9.17) is 4.52 Å². The SMILES string of the molecule is C[C@@H](NC(=O)c1ncnc2c1ncn2C)c1cc(-c2nc3nc(C(C)(C)C)ncc3[nH]2)no1. The van der Waals surface area contributed by atoms with E-state index in [1.165, 1.54) is 6.33 Å². The van der Waals surface area contributed by atoms with Crippen molar-refractivity contribution in [1.29, 1.82) is 0 Å². The Kier molecular flexibility index (Phi) is 4.65. The van der Waals surface area contributed by atoms with Crippen molar-refractivity contribution in [3.8, 4) is 11.5 Å². The van der Waals surface area contributed by atoms with Crippen molar-refractivity contribution >= 4 is 28.2 Å². The number of aryl methyl sites for hydroxylation is 1. The molecule has 33 heavy (non-hydrogen) atoms. The predicted molar refractivity (Wildman–Crippen MR) is 118 cm³/mol. The standard InChI is InChI=1S/C21H22N10O2/c1-10(26-19(32)15-14-18(24-8-23-15)31(5)9-25-14)13-6-11(30-33-13)16-27-12-7-22-20(21(2,3)4)29-17(12)28-16/h6-10H,1-5H3,(H,26,32)(H,22,27,28,29)/t10-/m1/s1. The highest BCUT2D eigenvalue weighted by atomic mass is 16.5. The molecule has 2 N–H and O–H groups in total. The molecule has 1 atom stereocenters. The minimum atomic E-state index is -0.468. The second-order valence-electron chi connectivity index (χ2n) is 8.83. The van der Waals surface area contributed by atoms with Gasteiger partial charge in [0.25, 0.3) is 5.91 Å². The van der Waals surface area contributed by atoms with E-state index in [-0.39, 0.29) is 17.0 Å². The lowest BCUT2D eigenvalue weighted by atomic mass is 9.96. The van der Waals surface area contributed by atoms with Crippen LogP contribution in [0.25, 0.3) is 33.8 Å². The lowest BCUT2D eigenvalue weighted by molar-refractivity contribution is 0.0930. The van der Waals surface area contributed by atoms with E-state index in [0.717, 1.165) is 0 Å². The Balaban J connectivity index is 1.37. The number of hydrogen-bond donors (Lipinski definition) is 2. The Hall–Kier alpha value is -4.22. The van der Waals surface area contributed by atoms with Crippen LogP contribution in [0.4, 0.5) is 0 Å². The molecule has 5 aromatic heterocycles. The zero-order valence-electron chi connectivity index (χ0n) is 18.8. The minimum absolute atomic E-state index is 0.188. The van der Waals surface area contributed by atoms with Crippen molar-refractivity contribution in [2.75, 3.05) is 0 Å². The molecule has 0 aromatic carbocycles. The number of carbonyl (C=O) groups excluding carboxylic acids is 1. The molecule has 0 radical (unpaired) electrons. The highest BCUT2D eigenvalue weighted by molar-refractivity contribution is 6.02. The lowest BCUT2D eigenvalue weighted by Crippen LogP contribution is -2.27. The van der Waals surface area contributed by atoms with Gasteiger partial charge in [0, 0.05) is 18.5 Å². The molecule has 0 fully saturated rings. The fourth-order valence-corrected chi connectivity index (χ4v) is 3.34. The van der Waals surface area contributed by atoms with Gasteiger partial charge in [0.2, 0.25) is 0 Å². The number of aromatic amines is 1. The number of nitrogens with one attached hydrogen (secondary N) is 2. The van der Waals surface area contributed by atoms with Crippen LogP contribution in [0.5, 0.6) is 0 Å². The van der Waals surface area contributed by atoms with Crippen LogP contribution in [0.15, 0.2) is 29.4 Å². The molecule has 0 bridgehead atoms. The van der Waals surface area contributed by atoms with E-state index in [0.29, 0.717) is 45.4 Å². The third-order valence-corrected chi connectivity index (χ3v) is 5.17. The minimum Gasteiger partial charge on any atom is -0.358 e. The second kappa shape index (κ2) is 7.43. The predicted octanol–water partition coefficient (Wildman–Crippen LogP) is 2.47. The first-order chi connectivity index (χ1) is 15.7. The first kappa shape index (κ1) is 20.7. The van der Waals surface area contributed by atoms with Crippen LogP contribution in [0.3, 0.4) is 0 Å². The fourth-order valence-electron chi connectivity index (χ4n) is 3.34. The van der Waals surface area contributed by atoms with Crippen molar-refractivity contribution in [2.24, 2.45) is 7.05 Å². The maximum Gasteiger partial charge on any atom is 0.272 e. The summed E-state index contributed by atoms with van der Waals surface area (Å²) in [6.45, 7) is 7.92. The van der Waals surface area contributed by atoms with Gasteiger partial charge in [-0.2, -0.15) is 0 Å². The number of aromatic nitrogens is 9. The van der Waals surface area contributed by atoms with Gasteiger partial charge in [-0.05, 0) is 6.92 Å². The van der Waals surface area contributed by atoms with Gasteiger partial charge in [-0.25, -0.2) is 29.9 Å². The van der Waals surface area contributed by atoms with Gasteiger partial charge < -0.3 is 19.4 Å². The summed E-state index contributed by atoms with van der Waals surface area (Å²) >= 11 is 0. The number of rotatable bonds is 4. The number of hydrogen-bond acceptors (Lipinski definition) is 9. The molecule has 0 unspecified atom stereocenters. The van der Waals surface area contributed by atoms with Crippen molar-refractivity contribution in [1.82, 2.24) is 49.9 Å². The maximum atomic E-state index is 12.8. The van der Waals surface area contributed by atoms with Crippen LogP contribution in [-0.4, -0.2) is 50.5 Å². The van der Waals surface area contributed by atoms with Gasteiger partial charge in [-0.3, -0.25) is 4.79 Å². The van der Waals surface area contributed by atoms with E-state index in [1.54, 1.807) is 37.1 Å². The second-order valence-corrected chi connectivity index (χ2v) is 8.83. The summed E-state index contributed by atoms with van der Waals surface area (Å²) in [5, 5.41) is 6.96. The van der Waals surface area contributed by atoms with E-state index in [2.05, 4.69) is 45.4 Å². The molecule has 12 nitrogen and oxygen atoms in total. The fraction of sp³-hybridized carbons (Fsp3) is 0.333. The summed E-state index contributed by atoms with van der Waals surface area (Å²) in [5.41, 5.74) is 2.76. The first-order valence-corrected chi connectivity index (χ1v) is 10.3. The van der Waals surface area contributed by atoms with Crippen LogP contribution < -0.4 is 5.32 Å². The normalized spacial score (nSPS) is 13.0. The molecule has 0 saturated carbocycles. The van der Waals surface area contributed by atoms with Gasteiger partial charge in [0.1, 0.15) is 28.9 Å². The highest BCUT2D eigenvalue weighted by Crippen LogP contribution is 2.24. The molecule has 5 heterocycles. The van der Waals surface area contributed by atoms with Crippen LogP contribution in [-0.2, 0) is 12.5 Å². The number of imidazole rings is 2. The molecule has 0 spiro atoms. The monoisotopic (exact) mass is 446 g/mol. The molecule has 5 aromatic rings. The zero-order chi connectivity index (χ0) is 23.3. The summed E-state index contributed by atoms with van der Waals surface area (Å²) in [4.78, 5) is 41.9. The molecule has 0 saturated heterocycles. The smallest absolute Gasteiger partial charge is 0.272 e. The van der Waals surface area contributed by atoms with Crippen molar-refractivity contribution in [2.45, 2.75) is 39.2 Å². The number of fused-ring (bicyclic) bond motifs is 2. The van der Waals surface area contributed by atoms with Crippen molar-refractivity contribution in [3.05, 3.63) is 42.2 Å². The molecular weight excluding hydrogens is 424 g/mol. The molecule has 0 aliphatic carbocycles. The Bertz CT molecular complexity index is 1490. The molecule has 168 valence electrons. The zero-order valence-corrected chi connectivity index (χ0v) is 18.8. The van der Waals surface area contributed by atoms with E-state index in [1.807, 2.05) is 20.8 Å².